The van der Waals surface area contributed by atoms with Gasteiger partial charge < -0.3 is 8.85 Å². The van der Waals surface area contributed by atoms with E-state index >= 15 is 0 Å². The lowest BCUT2D eigenvalue weighted by molar-refractivity contribution is 0.0822. The average molecular weight is 246 g/mol. The normalized spacial score (nSPS) is 19.5. The van der Waals surface area contributed by atoms with Gasteiger partial charge in [-0.25, -0.2) is 0 Å². The molecule has 0 N–H and O–H groups in total. The molecule has 3 heteroatoms. The Morgan fingerprint density at radius 3 is 1.38 bits per heavy atom. The Hall–Kier alpha value is 0.137. The van der Waals surface area contributed by atoms with E-state index in [0.717, 1.165) is 18.9 Å². The fourth-order valence-electron chi connectivity index (χ4n) is 1.72. The molecular formula is C13H30O2Si. The number of hydrogen-bond acceptors (Lipinski definition) is 2. The first-order valence-corrected chi connectivity index (χ1v) is 8.87. The molecule has 0 radical (unpaired) electrons. The van der Waals surface area contributed by atoms with E-state index in [2.05, 4.69) is 48.5 Å². The van der Waals surface area contributed by atoms with Crippen molar-refractivity contribution in [2.75, 3.05) is 0 Å². The van der Waals surface area contributed by atoms with Gasteiger partial charge in [-0.2, -0.15) is 0 Å². The summed E-state index contributed by atoms with van der Waals surface area (Å²) in [6.07, 6.45) is 2.76. The smallest absolute Gasteiger partial charge is 0.340 e. The molecule has 0 saturated heterocycles. The molecule has 0 saturated carbocycles. The second kappa shape index (κ2) is 7.46. The molecule has 98 valence electrons. The lowest BCUT2D eigenvalue weighted by Gasteiger charge is -2.37. The van der Waals surface area contributed by atoms with Crippen molar-refractivity contribution in [2.24, 2.45) is 0 Å². The van der Waals surface area contributed by atoms with Crippen LogP contribution >= 0.6 is 0 Å². The third-order valence-corrected chi connectivity index (χ3v) is 7.67. The Kier molecular flexibility index (Phi) is 7.52. The summed E-state index contributed by atoms with van der Waals surface area (Å²) in [6, 6.07) is 1.04. The van der Waals surface area contributed by atoms with Crippen LogP contribution in [0.4, 0.5) is 0 Å². The van der Waals surface area contributed by atoms with E-state index in [-0.39, 0.29) is 0 Å². The van der Waals surface area contributed by atoms with Gasteiger partial charge in [-0.1, -0.05) is 34.6 Å². The van der Waals surface area contributed by atoms with Crippen LogP contribution in [0.3, 0.4) is 0 Å². The van der Waals surface area contributed by atoms with E-state index in [9.17, 15) is 0 Å². The van der Waals surface area contributed by atoms with Gasteiger partial charge in [-0.3, -0.25) is 0 Å². The Morgan fingerprint density at radius 1 is 0.812 bits per heavy atom. The molecule has 0 aromatic heterocycles. The van der Waals surface area contributed by atoms with Crippen LogP contribution in [0.1, 0.15) is 61.3 Å². The van der Waals surface area contributed by atoms with Gasteiger partial charge in [0.2, 0.25) is 0 Å². The molecule has 0 spiro atoms. The van der Waals surface area contributed by atoms with Gasteiger partial charge in [-0.15, -0.1) is 0 Å². The minimum Gasteiger partial charge on any atom is -0.391 e. The van der Waals surface area contributed by atoms with Crippen molar-refractivity contribution in [1.82, 2.24) is 0 Å². The van der Waals surface area contributed by atoms with Crippen molar-refractivity contribution in [3.05, 3.63) is 0 Å². The van der Waals surface area contributed by atoms with Crippen molar-refractivity contribution in [1.29, 1.82) is 0 Å². The summed E-state index contributed by atoms with van der Waals surface area (Å²) in [5.41, 5.74) is 0.514. The Morgan fingerprint density at radius 2 is 1.19 bits per heavy atom. The predicted octanol–water partition coefficient (Wildman–Crippen LogP) is 4.49. The zero-order chi connectivity index (χ0) is 12.8. The molecule has 0 aliphatic carbocycles. The molecule has 2 atom stereocenters. The second-order valence-electron chi connectivity index (χ2n) is 4.99. The summed E-state index contributed by atoms with van der Waals surface area (Å²) < 4.78 is 12.6. The maximum absolute atomic E-state index is 6.29. The van der Waals surface area contributed by atoms with Crippen molar-refractivity contribution in [3.63, 3.8) is 0 Å². The highest BCUT2D eigenvalue weighted by Crippen LogP contribution is 2.31. The van der Waals surface area contributed by atoms with E-state index in [1.54, 1.807) is 0 Å². The highest BCUT2D eigenvalue weighted by atomic mass is 28.4. The average Bonchev–Trinajstić information content (AvgIpc) is 2.27. The molecular weight excluding hydrogens is 216 g/mol. The summed E-state index contributed by atoms with van der Waals surface area (Å²) in [5.74, 6) is 0. The second-order valence-corrected chi connectivity index (χ2v) is 8.95. The fourth-order valence-corrected chi connectivity index (χ4v) is 5.17. The first kappa shape index (κ1) is 16.1. The quantitative estimate of drug-likeness (QED) is 0.588. The summed E-state index contributed by atoms with van der Waals surface area (Å²) in [6.45, 7) is 15.3. The first-order chi connectivity index (χ1) is 7.41. The van der Waals surface area contributed by atoms with Crippen LogP contribution in [-0.4, -0.2) is 20.8 Å². The molecule has 16 heavy (non-hydrogen) atoms. The fraction of sp³-hybridized carbons (Fsp3) is 1.00. The first-order valence-electron chi connectivity index (χ1n) is 6.77. The van der Waals surface area contributed by atoms with Crippen molar-refractivity contribution in [2.45, 2.75) is 85.1 Å². The third kappa shape index (κ3) is 4.56. The van der Waals surface area contributed by atoms with Crippen LogP contribution in [-0.2, 0) is 8.85 Å². The molecule has 0 aliphatic heterocycles. The van der Waals surface area contributed by atoms with Crippen LogP contribution in [0, 0.1) is 0 Å². The van der Waals surface area contributed by atoms with E-state index in [1.807, 2.05) is 0 Å². The van der Waals surface area contributed by atoms with E-state index in [4.69, 9.17) is 8.85 Å². The van der Waals surface area contributed by atoms with Gasteiger partial charge in [0, 0.05) is 12.2 Å². The van der Waals surface area contributed by atoms with Crippen LogP contribution in [0.5, 0.6) is 0 Å². The molecule has 2 nitrogen and oxygen atoms in total. The number of rotatable bonds is 8. The molecule has 0 amide bonds. The standard InChI is InChI=1S/C13H30O2Si/c1-8-12(6)14-16(10-3,11(4)5)15-13(7)9-2/h11-13H,8-10H2,1-7H3. The molecule has 0 fully saturated rings. The lowest BCUT2D eigenvalue weighted by atomic mass is 10.3. The maximum atomic E-state index is 6.29. The molecule has 0 bridgehead atoms. The van der Waals surface area contributed by atoms with Crippen molar-refractivity contribution >= 4 is 8.56 Å². The highest BCUT2D eigenvalue weighted by molar-refractivity contribution is 6.68. The van der Waals surface area contributed by atoms with Gasteiger partial charge in [0.25, 0.3) is 0 Å². The van der Waals surface area contributed by atoms with Crippen molar-refractivity contribution < 1.29 is 8.85 Å². The van der Waals surface area contributed by atoms with Gasteiger partial charge >= 0.3 is 8.56 Å². The third-order valence-electron chi connectivity index (χ3n) is 3.32. The molecule has 0 aromatic carbocycles. The largest absolute Gasteiger partial charge is 0.391 e. The molecule has 2 unspecified atom stereocenters. The Labute approximate surface area is 103 Å². The summed E-state index contributed by atoms with van der Waals surface area (Å²) in [5, 5.41) is 0. The van der Waals surface area contributed by atoms with Crippen LogP contribution in [0.25, 0.3) is 0 Å². The Bertz CT molecular complexity index is 171. The summed E-state index contributed by atoms with van der Waals surface area (Å²) in [4.78, 5) is 0. The maximum Gasteiger partial charge on any atom is 0.340 e. The van der Waals surface area contributed by atoms with Gasteiger partial charge in [0.05, 0.1) is 0 Å². The van der Waals surface area contributed by atoms with Crippen LogP contribution in [0.2, 0.25) is 11.6 Å². The monoisotopic (exact) mass is 246 g/mol. The van der Waals surface area contributed by atoms with E-state index in [1.165, 1.54) is 0 Å². The van der Waals surface area contributed by atoms with E-state index in [0.29, 0.717) is 17.7 Å². The minimum absolute atomic E-state index is 0.318. The predicted molar refractivity (Wildman–Crippen MR) is 73.0 cm³/mol. The zero-order valence-electron chi connectivity index (χ0n) is 12.2. The van der Waals surface area contributed by atoms with Crippen molar-refractivity contribution in [3.8, 4) is 0 Å². The van der Waals surface area contributed by atoms with Gasteiger partial charge in [-0.05, 0) is 38.3 Å². The van der Waals surface area contributed by atoms with Crippen LogP contribution in [0.15, 0.2) is 0 Å². The zero-order valence-corrected chi connectivity index (χ0v) is 13.2. The number of hydrogen-bond donors (Lipinski definition) is 0. The lowest BCUT2D eigenvalue weighted by Crippen LogP contribution is -2.48. The topological polar surface area (TPSA) is 18.5 Å². The SMILES string of the molecule is CCC(C)O[Si](CC)(OC(C)CC)C(C)C. The van der Waals surface area contributed by atoms with Gasteiger partial charge in [0.15, 0.2) is 0 Å². The minimum atomic E-state index is -2.01. The summed E-state index contributed by atoms with van der Waals surface area (Å²) >= 11 is 0. The van der Waals surface area contributed by atoms with Gasteiger partial charge in [0.1, 0.15) is 0 Å². The molecule has 0 rings (SSSR count). The highest BCUT2D eigenvalue weighted by Gasteiger charge is 2.41. The Balaban J connectivity index is 4.70. The summed E-state index contributed by atoms with van der Waals surface area (Å²) in [7, 11) is -2.01. The van der Waals surface area contributed by atoms with Crippen LogP contribution < -0.4 is 0 Å². The molecule has 0 heterocycles. The molecule has 0 aliphatic rings. The molecule has 0 aromatic rings. The van der Waals surface area contributed by atoms with E-state index < -0.39 is 8.56 Å².